The van der Waals surface area contributed by atoms with Crippen LogP contribution in [0.4, 0.5) is 0 Å². The minimum atomic E-state index is 0.698. The molecule has 0 amide bonds. The topological polar surface area (TPSA) is 0 Å². The average molecular weight is 150 g/mol. The molecule has 1 aliphatic carbocycles. The Bertz CT molecular complexity index is 172. The van der Waals surface area contributed by atoms with E-state index >= 15 is 0 Å². The van der Waals surface area contributed by atoms with E-state index in [-0.39, 0.29) is 0 Å². The van der Waals surface area contributed by atoms with Crippen LogP contribution in [0.25, 0.3) is 0 Å². The molecule has 0 radical (unpaired) electrons. The van der Waals surface area contributed by atoms with E-state index in [0.29, 0.717) is 5.92 Å². The smallest absolute Gasteiger partial charge is 0.0198 e. The molecule has 0 saturated heterocycles. The fourth-order valence-corrected chi connectivity index (χ4v) is 1.41. The molecule has 1 atom stereocenters. The molecule has 1 rings (SSSR count). The van der Waals surface area contributed by atoms with Gasteiger partial charge in [0.05, 0.1) is 0 Å². The maximum absolute atomic E-state index is 2.39. The van der Waals surface area contributed by atoms with E-state index in [0.717, 1.165) is 5.92 Å². The van der Waals surface area contributed by atoms with E-state index in [1.165, 1.54) is 18.4 Å². The summed E-state index contributed by atoms with van der Waals surface area (Å²) in [6, 6.07) is 0. The molecular formula is C11H18. The fraction of sp³-hybridized carbons (Fsp3) is 0.636. The zero-order valence-corrected chi connectivity index (χ0v) is 7.80. The monoisotopic (exact) mass is 150 g/mol. The molecule has 0 heteroatoms. The van der Waals surface area contributed by atoms with Gasteiger partial charge in [-0.15, -0.1) is 0 Å². The molecule has 1 unspecified atom stereocenters. The lowest BCUT2D eigenvalue weighted by atomic mass is 9.90. The molecule has 62 valence electrons. The predicted molar refractivity (Wildman–Crippen MR) is 50.5 cm³/mol. The van der Waals surface area contributed by atoms with Crippen molar-refractivity contribution in [1.29, 1.82) is 0 Å². The lowest BCUT2D eigenvalue weighted by molar-refractivity contribution is 0.618. The standard InChI is InChI=1S/C11H18/c1-4-10-5-7-11(8-6-10)9(2)3/h5,7-10H,4,6H2,1-3H3. The molecule has 0 nitrogen and oxygen atoms in total. The lowest BCUT2D eigenvalue weighted by Crippen LogP contribution is -2.01. The van der Waals surface area contributed by atoms with Gasteiger partial charge >= 0.3 is 0 Å². The van der Waals surface area contributed by atoms with Gasteiger partial charge in [-0.25, -0.2) is 0 Å². The summed E-state index contributed by atoms with van der Waals surface area (Å²) >= 11 is 0. The van der Waals surface area contributed by atoms with Crippen molar-refractivity contribution in [2.45, 2.75) is 33.6 Å². The van der Waals surface area contributed by atoms with E-state index in [9.17, 15) is 0 Å². The molecule has 0 aliphatic heterocycles. The van der Waals surface area contributed by atoms with Gasteiger partial charge in [0, 0.05) is 0 Å². The largest absolute Gasteiger partial charge is 0.0808 e. The second-order valence-corrected chi connectivity index (χ2v) is 3.62. The zero-order valence-electron chi connectivity index (χ0n) is 7.80. The predicted octanol–water partition coefficient (Wildman–Crippen LogP) is 3.55. The lowest BCUT2D eigenvalue weighted by Gasteiger charge is -2.16. The summed E-state index contributed by atoms with van der Waals surface area (Å²) in [5.74, 6) is 1.50. The summed E-state index contributed by atoms with van der Waals surface area (Å²) in [6.45, 7) is 6.76. The Morgan fingerprint density at radius 2 is 2.27 bits per heavy atom. The van der Waals surface area contributed by atoms with Gasteiger partial charge in [0.2, 0.25) is 0 Å². The molecule has 0 saturated carbocycles. The molecule has 0 bridgehead atoms. The summed E-state index contributed by atoms with van der Waals surface area (Å²) in [4.78, 5) is 0. The number of rotatable bonds is 2. The molecule has 0 aromatic carbocycles. The second kappa shape index (κ2) is 3.75. The first kappa shape index (κ1) is 8.58. The van der Waals surface area contributed by atoms with Crippen LogP contribution in [0.1, 0.15) is 33.6 Å². The van der Waals surface area contributed by atoms with Crippen LogP contribution < -0.4 is 0 Å². The third-order valence-electron chi connectivity index (χ3n) is 2.41. The number of allylic oxidation sites excluding steroid dienone is 4. The Balaban J connectivity index is 2.53. The maximum Gasteiger partial charge on any atom is -0.0198 e. The van der Waals surface area contributed by atoms with Crippen LogP contribution in [0.2, 0.25) is 0 Å². The summed E-state index contributed by atoms with van der Waals surface area (Å²) in [5, 5.41) is 0. The van der Waals surface area contributed by atoms with E-state index in [4.69, 9.17) is 0 Å². The van der Waals surface area contributed by atoms with Crippen LogP contribution >= 0.6 is 0 Å². The molecule has 11 heavy (non-hydrogen) atoms. The number of hydrogen-bond donors (Lipinski definition) is 0. The van der Waals surface area contributed by atoms with E-state index in [1.54, 1.807) is 0 Å². The summed E-state index contributed by atoms with van der Waals surface area (Å²) < 4.78 is 0. The van der Waals surface area contributed by atoms with Gasteiger partial charge in [0.1, 0.15) is 0 Å². The van der Waals surface area contributed by atoms with Crippen molar-refractivity contribution in [3.05, 3.63) is 23.8 Å². The van der Waals surface area contributed by atoms with Gasteiger partial charge < -0.3 is 0 Å². The van der Waals surface area contributed by atoms with Crippen molar-refractivity contribution in [1.82, 2.24) is 0 Å². The highest BCUT2D eigenvalue weighted by atomic mass is 14.1. The first-order valence-corrected chi connectivity index (χ1v) is 4.62. The number of hydrogen-bond acceptors (Lipinski definition) is 0. The molecule has 0 aromatic rings. The second-order valence-electron chi connectivity index (χ2n) is 3.62. The van der Waals surface area contributed by atoms with Crippen molar-refractivity contribution < 1.29 is 0 Å². The van der Waals surface area contributed by atoms with Gasteiger partial charge in [-0.3, -0.25) is 0 Å². The summed E-state index contributed by atoms with van der Waals surface area (Å²) in [6.07, 6.45) is 9.56. The highest BCUT2D eigenvalue weighted by molar-refractivity contribution is 5.25. The van der Waals surface area contributed by atoms with Crippen LogP contribution in [-0.4, -0.2) is 0 Å². The Morgan fingerprint density at radius 3 is 2.64 bits per heavy atom. The van der Waals surface area contributed by atoms with Crippen LogP contribution in [0.3, 0.4) is 0 Å². The Labute approximate surface area is 70.0 Å². The molecular weight excluding hydrogens is 132 g/mol. The van der Waals surface area contributed by atoms with E-state index in [1.807, 2.05) is 0 Å². The molecule has 0 spiro atoms. The van der Waals surface area contributed by atoms with Crippen LogP contribution in [-0.2, 0) is 0 Å². The maximum atomic E-state index is 2.39. The minimum Gasteiger partial charge on any atom is -0.0808 e. The van der Waals surface area contributed by atoms with Crippen molar-refractivity contribution in [3.63, 3.8) is 0 Å². The fourth-order valence-electron chi connectivity index (χ4n) is 1.41. The van der Waals surface area contributed by atoms with Crippen LogP contribution in [0, 0.1) is 11.8 Å². The van der Waals surface area contributed by atoms with Crippen molar-refractivity contribution in [2.24, 2.45) is 11.8 Å². The Morgan fingerprint density at radius 1 is 1.55 bits per heavy atom. The zero-order chi connectivity index (χ0) is 8.27. The third kappa shape index (κ3) is 2.21. The third-order valence-corrected chi connectivity index (χ3v) is 2.41. The van der Waals surface area contributed by atoms with Crippen molar-refractivity contribution >= 4 is 0 Å². The van der Waals surface area contributed by atoms with Crippen LogP contribution in [0.15, 0.2) is 23.8 Å². The van der Waals surface area contributed by atoms with Gasteiger partial charge in [-0.2, -0.15) is 0 Å². The molecule has 0 aromatic heterocycles. The van der Waals surface area contributed by atoms with Gasteiger partial charge in [-0.1, -0.05) is 39.0 Å². The SMILES string of the molecule is CCC1C=CC(C(C)C)=CC1. The van der Waals surface area contributed by atoms with Crippen LogP contribution in [0.5, 0.6) is 0 Å². The van der Waals surface area contributed by atoms with E-state index in [2.05, 4.69) is 39.0 Å². The van der Waals surface area contributed by atoms with Crippen molar-refractivity contribution in [2.75, 3.05) is 0 Å². The molecule has 0 heterocycles. The summed E-state index contributed by atoms with van der Waals surface area (Å²) in [5.41, 5.74) is 1.51. The Hall–Kier alpha value is -0.520. The van der Waals surface area contributed by atoms with Crippen molar-refractivity contribution in [3.8, 4) is 0 Å². The van der Waals surface area contributed by atoms with Gasteiger partial charge in [-0.05, 0) is 30.3 Å². The first-order chi connectivity index (χ1) is 5.24. The molecule has 1 aliphatic rings. The average Bonchev–Trinajstić information content (AvgIpc) is 2.05. The molecule has 0 N–H and O–H groups in total. The highest BCUT2D eigenvalue weighted by Gasteiger charge is 2.07. The Kier molecular flexibility index (Phi) is 2.92. The first-order valence-electron chi connectivity index (χ1n) is 4.62. The molecule has 0 fully saturated rings. The quantitative estimate of drug-likeness (QED) is 0.564. The van der Waals surface area contributed by atoms with E-state index < -0.39 is 0 Å². The summed E-state index contributed by atoms with van der Waals surface area (Å²) in [7, 11) is 0. The minimum absolute atomic E-state index is 0.698. The normalized spacial score (nSPS) is 24.0. The van der Waals surface area contributed by atoms with Gasteiger partial charge in [0.25, 0.3) is 0 Å². The highest BCUT2D eigenvalue weighted by Crippen LogP contribution is 2.22. The van der Waals surface area contributed by atoms with Gasteiger partial charge in [0.15, 0.2) is 0 Å².